The molecule has 0 radical (unpaired) electrons. The highest BCUT2D eigenvalue weighted by molar-refractivity contribution is 6.33. The number of fused-ring (bicyclic) bond motifs is 3. The molecule has 0 aliphatic carbocycles. The van der Waals surface area contributed by atoms with E-state index in [4.69, 9.17) is 26.2 Å². The maximum atomic E-state index is 12.6. The summed E-state index contributed by atoms with van der Waals surface area (Å²) in [5.74, 6) is -2.28. The molecule has 2 heterocycles. The van der Waals surface area contributed by atoms with Crippen LogP contribution >= 0.6 is 11.6 Å². The van der Waals surface area contributed by atoms with Gasteiger partial charge < -0.3 is 20.1 Å². The number of carboxylic acid groups (broad SMARTS) is 1. The molecule has 2 aromatic carbocycles. The van der Waals surface area contributed by atoms with Crippen molar-refractivity contribution in [2.45, 2.75) is 6.18 Å². The summed E-state index contributed by atoms with van der Waals surface area (Å²) in [5.41, 5.74) is 2.86. The van der Waals surface area contributed by atoms with E-state index in [0.717, 1.165) is 21.8 Å². The van der Waals surface area contributed by atoms with Crippen molar-refractivity contribution < 1.29 is 32.6 Å². The van der Waals surface area contributed by atoms with E-state index < -0.39 is 12.1 Å². The van der Waals surface area contributed by atoms with Gasteiger partial charge in [-0.1, -0.05) is 11.6 Å². The molecule has 0 bridgehead atoms. The van der Waals surface area contributed by atoms with E-state index in [9.17, 15) is 18.0 Å². The van der Waals surface area contributed by atoms with Crippen LogP contribution in [0.25, 0.3) is 21.8 Å². The number of aliphatic carboxylic acids is 1. The number of H-pyrrole nitrogens is 1. The van der Waals surface area contributed by atoms with Crippen LogP contribution < -0.4 is 10.1 Å². The van der Waals surface area contributed by atoms with E-state index >= 15 is 0 Å². The molecular weight excluding hydrogens is 451 g/mol. The van der Waals surface area contributed by atoms with Crippen molar-refractivity contribution >= 4 is 51.0 Å². The Morgan fingerprint density at radius 3 is 2.38 bits per heavy atom. The van der Waals surface area contributed by atoms with Crippen LogP contribution in [0.15, 0.2) is 54.9 Å². The average Bonchev–Trinajstić information content (AvgIpc) is 3.12. The smallest absolute Gasteiger partial charge is 0.490 e. The second kappa shape index (κ2) is 9.15. The summed E-state index contributed by atoms with van der Waals surface area (Å²) >= 11 is 6.25. The molecule has 11 heteroatoms. The van der Waals surface area contributed by atoms with Crippen LogP contribution in [-0.2, 0) is 4.79 Å². The number of ether oxygens (including phenoxy) is 1. The molecule has 0 saturated heterocycles. The maximum Gasteiger partial charge on any atom is 0.490 e. The first-order valence-corrected chi connectivity index (χ1v) is 9.28. The van der Waals surface area contributed by atoms with Crippen LogP contribution in [0.2, 0.25) is 5.02 Å². The van der Waals surface area contributed by atoms with Gasteiger partial charge in [-0.25, -0.2) is 4.79 Å². The van der Waals surface area contributed by atoms with Crippen LogP contribution in [0.3, 0.4) is 0 Å². The summed E-state index contributed by atoms with van der Waals surface area (Å²) in [4.78, 5) is 28.9. The zero-order chi connectivity index (χ0) is 23.5. The predicted octanol–water partition coefficient (Wildman–Crippen LogP) is 5.26. The number of amides is 1. The number of anilines is 1. The molecule has 0 atom stereocenters. The second-order valence-electron chi connectivity index (χ2n) is 6.41. The first-order chi connectivity index (χ1) is 15.1. The minimum atomic E-state index is -5.08. The third-order valence-corrected chi connectivity index (χ3v) is 4.54. The minimum absolute atomic E-state index is 0.219. The fraction of sp³-hybridized carbons (Fsp3) is 0.0952. The highest BCUT2D eigenvalue weighted by Gasteiger charge is 2.38. The second-order valence-corrected chi connectivity index (χ2v) is 6.84. The van der Waals surface area contributed by atoms with Gasteiger partial charge >= 0.3 is 12.1 Å². The van der Waals surface area contributed by atoms with Gasteiger partial charge in [0.1, 0.15) is 5.75 Å². The number of alkyl halides is 3. The Balaban J connectivity index is 0.000000360. The number of hydrogen-bond acceptors (Lipinski definition) is 4. The van der Waals surface area contributed by atoms with Crippen LogP contribution in [0.4, 0.5) is 18.9 Å². The van der Waals surface area contributed by atoms with Gasteiger partial charge in [0.2, 0.25) is 0 Å². The van der Waals surface area contributed by atoms with Gasteiger partial charge in [-0.3, -0.25) is 9.78 Å². The summed E-state index contributed by atoms with van der Waals surface area (Å²) in [6.07, 6.45) is -1.61. The number of aromatic nitrogens is 2. The van der Waals surface area contributed by atoms with Crippen molar-refractivity contribution in [3.05, 3.63) is 65.4 Å². The third kappa shape index (κ3) is 5.09. The standard InChI is InChI=1S/C19H14ClN3O2.C2HF3O2/c1-25-13-4-2-11(3-5-13)19(24)23-16-9-12(20)8-15-14-6-7-21-10-17(14)22-18(15)16;3-2(4,5)1(6)7/h2-10,22H,1H3,(H,23,24);(H,6,7). The molecule has 0 aliphatic heterocycles. The quantitative estimate of drug-likeness (QED) is 0.382. The Morgan fingerprint density at radius 2 is 1.78 bits per heavy atom. The lowest BCUT2D eigenvalue weighted by molar-refractivity contribution is -0.192. The number of methoxy groups -OCH3 is 1. The number of nitrogens with zero attached hydrogens (tertiary/aromatic N) is 1. The van der Waals surface area contributed by atoms with Gasteiger partial charge in [0.25, 0.3) is 5.91 Å². The maximum absolute atomic E-state index is 12.6. The number of halogens is 4. The third-order valence-electron chi connectivity index (χ3n) is 4.32. The lowest BCUT2D eigenvalue weighted by atomic mass is 10.1. The van der Waals surface area contributed by atoms with Crippen molar-refractivity contribution in [2.24, 2.45) is 0 Å². The first-order valence-electron chi connectivity index (χ1n) is 8.90. The molecule has 0 saturated carbocycles. The summed E-state index contributed by atoms with van der Waals surface area (Å²) in [6, 6.07) is 12.4. The normalized spacial score (nSPS) is 11.0. The molecule has 3 N–H and O–H groups in total. The molecule has 7 nitrogen and oxygen atoms in total. The largest absolute Gasteiger partial charge is 0.497 e. The number of hydrogen-bond donors (Lipinski definition) is 3. The van der Waals surface area contributed by atoms with E-state index in [0.29, 0.717) is 22.0 Å². The van der Waals surface area contributed by atoms with Crippen LogP contribution in [0.5, 0.6) is 5.75 Å². The highest BCUT2D eigenvalue weighted by atomic mass is 35.5. The Hall–Kier alpha value is -3.79. The van der Waals surface area contributed by atoms with Gasteiger partial charge in [0.15, 0.2) is 0 Å². The number of benzene rings is 2. The van der Waals surface area contributed by atoms with E-state index in [2.05, 4.69) is 15.3 Å². The topological polar surface area (TPSA) is 104 Å². The Kier molecular flexibility index (Phi) is 6.54. The van der Waals surface area contributed by atoms with Crippen molar-refractivity contribution in [1.29, 1.82) is 0 Å². The van der Waals surface area contributed by atoms with Crippen LogP contribution in [0, 0.1) is 0 Å². The lowest BCUT2D eigenvalue weighted by Crippen LogP contribution is -2.21. The average molecular weight is 466 g/mol. The van der Waals surface area contributed by atoms with E-state index in [1.807, 2.05) is 12.1 Å². The summed E-state index contributed by atoms with van der Waals surface area (Å²) in [5, 5.41) is 12.5. The van der Waals surface area contributed by atoms with Crippen LogP contribution in [0.1, 0.15) is 10.4 Å². The molecule has 0 aliphatic rings. The molecule has 0 spiro atoms. The molecule has 1 amide bonds. The molecule has 4 aromatic rings. The zero-order valence-corrected chi connectivity index (χ0v) is 17.1. The Morgan fingerprint density at radius 1 is 1.12 bits per heavy atom. The molecule has 0 fully saturated rings. The predicted molar refractivity (Wildman–Crippen MR) is 113 cm³/mol. The number of pyridine rings is 1. The van der Waals surface area contributed by atoms with Crippen molar-refractivity contribution in [3.63, 3.8) is 0 Å². The highest BCUT2D eigenvalue weighted by Crippen LogP contribution is 2.33. The number of carboxylic acids is 1. The fourth-order valence-corrected chi connectivity index (χ4v) is 3.07. The Bertz CT molecular complexity index is 1290. The van der Waals surface area contributed by atoms with Gasteiger partial charge in [-0.15, -0.1) is 0 Å². The van der Waals surface area contributed by atoms with Gasteiger partial charge in [-0.05, 0) is 42.5 Å². The summed E-state index contributed by atoms with van der Waals surface area (Å²) in [6.45, 7) is 0. The molecular formula is C21H15ClF3N3O4. The van der Waals surface area contributed by atoms with Crippen molar-refractivity contribution in [2.75, 3.05) is 12.4 Å². The molecule has 32 heavy (non-hydrogen) atoms. The van der Waals surface area contributed by atoms with Gasteiger partial charge in [0, 0.05) is 27.6 Å². The Labute approximate surface area is 183 Å². The number of rotatable bonds is 3. The van der Waals surface area contributed by atoms with Gasteiger partial charge in [0.05, 0.1) is 30.0 Å². The zero-order valence-electron chi connectivity index (χ0n) is 16.3. The number of carbonyl (C=O) groups is 2. The minimum Gasteiger partial charge on any atom is -0.497 e. The van der Waals surface area contributed by atoms with E-state index in [1.165, 1.54) is 0 Å². The molecule has 4 rings (SSSR count). The lowest BCUT2D eigenvalue weighted by Gasteiger charge is -2.08. The summed E-state index contributed by atoms with van der Waals surface area (Å²) < 4.78 is 36.9. The molecule has 166 valence electrons. The first kappa shape index (κ1) is 22.9. The van der Waals surface area contributed by atoms with E-state index in [-0.39, 0.29) is 5.91 Å². The number of nitrogens with one attached hydrogen (secondary N) is 2. The van der Waals surface area contributed by atoms with Crippen LogP contribution in [-0.4, -0.2) is 40.2 Å². The van der Waals surface area contributed by atoms with Crippen molar-refractivity contribution in [3.8, 4) is 5.75 Å². The van der Waals surface area contributed by atoms with E-state index in [1.54, 1.807) is 49.8 Å². The van der Waals surface area contributed by atoms with Gasteiger partial charge in [-0.2, -0.15) is 13.2 Å². The molecule has 2 aromatic heterocycles. The fourth-order valence-electron chi connectivity index (χ4n) is 2.85. The summed E-state index contributed by atoms with van der Waals surface area (Å²) in [7, 11) is 1.59. The SMILES string of the molecule is COc1ccc(C(=O)Nc2cc(Cl)cc3c2[nH]c2cnccc23)cc1.O=C(O)C(F)(F)F. The monoisotopic (exact) mass is 465 g/mol. The molecule has 0 unspecified atom stereocenters. The number of carbonyl (C=O) groups excluding carboxylic acids is 1. The van der Waals surface area contributed by atoms with Crippen molar-refractivity contribution in [1.82, 2.24) is 9.97 Å². The number of aromatic amines is 1.